The molecule has 1 aromatic rings. The van der Waals surface area contributed by atoms with Crippen LogP contribution in [0.15, 0.2) is 18.2 Å². The number of carbonyl (C=O) groups excluding carboxylic acids is 1. The lowest BCUT2D eigenvalue weighted by molar-refractivity contribution is 0.243. The number of rotatable bonds is 3. The zero-order valence-electron chi connectivity index (χ0n) is 9.68. The number of amides is 2. The van der Waals surface area contributed by atoms with E-state index in [1.165, 1.54) is 36.0 Å². The van der Waals surface area contributed by atoms with Crippen LogP contribution in [-0.2, 0) is 19.3 Å². The maximum absolute atomic E-state index is 11.0. The SMILES string of the molecule is CNC(=O)NCCc1ccc2c(c1)CCC2. The molecule has 16 heavy (non-hydrogen) atoms. The van der Waals surface area contributed by atoms with Gasteiger partial charge in [-0.25, -0.2) is 4.79 Å². The van der Waals surface area contributed by atoms with E-state index < -0.39 is 0 Å². The molecule has 1 aliphatic rings. The summed E-state index contributed by atoms with van der Waals surface area (Å²) in [5.41, 5.74) is 4.32. The number of benzene rings is 1. The third-order valence-corrected chi connectivity index (χ3v) is 3.09. The van der Waals surface area contributed by atoms with Gasteiger partial charge in [-0.15, -0.1) is 0 Å². The second-order valence-corrected chi connectivity index (χ2v) is 4.21. The van der Waals surface area contributed by atoms with Crippen molar-refractivity contribution >= 4 is 6.03 Å². The van der Waals surface area contributed by atoms with Gasteiger partial charge in [0.25, 0.3) is 0 Å². The van der Waals surface area contributed by atoms with Gasteiger partial charge in [-0.3, -0.25) is 0 Å². The highest BCUT2D eigenvalue weighted by Crippen LogP contribution is 2.22. The molecule has 1 aliphatic carbocycles. The monoisotopic (exact) mass is 218 g/mol. The van der Waals surface area contributed by atoms with Gasteiger partial charge in [0, 0.05) is 13.6 Å². The summed E-state index contributed by atoms with van der Waals surface area (Å²) < 4.78 is 0. The predicted molar refractivity (Wildman–Crippen MR) is 64.6 cm³/mol. The van der Waals surface area contributed by atoms with Crippen molar-refractivity contribution in [1.29, 1.82) is 0 Å². The molecule has 2 rings (SSSR count). The van der Waals surface area contributed by atoms with Crippen LogP contribution in [0.2, 0.25) is 0 Å². The molecule has 0 unspecified atom stereocenters. The Kier molecular flexibility index (Phi) is 3.44. The Hall–Kier alpha value is -1.51. The zero-order valence-corrected chi connectivity index (χ0v) is 9.68. The Balaban J connectivity index is 1.88. The minimum atomic E-state index is -0.110. The second kappa shape index (κ2) is 5.01. The fraction of sp³-hybridized carbons (Fsp3) is 0.462. The van der Waals surface area contributed by atoms with Crippen molar-refractivity contribution < 1.29 is 4.79 Å². The molecule has 0 saturated carbocycles. The van der Waals surface area contributed by atoms with Gasteiger partial charge >= 0.3 is 6.03 Å². The van der Waals surface area contributed by atoms with Crippen LogP contribution in [-0.4, -0.2) is 19.6 Å². The molecule has 0 aliphatic heterocycles. The van der Waals surface area contributed by atoms with Gasteiger partial charge in [0.1, 0.15) is 0 Å². The average molecular weight is 218 g/mol. The van der Waals surface area contributed by atoms with Crippen LogP contribution < -0.4 is 10.6 Å². The van der Waals surface area contributed by atoms with Crippen LogP contribution in [0.1, 0.15) is 23.1 Å². The molecule has 0 aromatic heterocycles. The van der Waals surface area contributed by atoms with E-state index in [4.69, 9.17) is 0 Å². The van der Waals surface area contributed by atoms with Crippen LogP contribution in [0.5, 0.6) is 0 Å². The number of nitrogens with one attached hydrogen (secondary N) is 2. The quantitative estimate of drug-likeness (QED) is 0.795. The van der Waals surface area contributed by atoms with Crippen molar-refractivity contribution in [3.8, 4) is 0 Å². The largest absolute Gasteiger partial charge is 0.341 e. The highest BCUT2D eigenvalue weighted by Gasteiger charge is 2.10. The third-order valence-electron chi connectivity index (χ3n) is 3.09. The summed E-state index contributed by atoms with van der Waals surface area (Å²) in [5.74, 6) is 0. The number of fused-ring (bicyclic) bond motifs is 1. The van der Waals surface area contributed by atoms with Crippen LogP contribution in [0.3, 0.4) is 0 Å². The molecule has 0 atom stereocenters. The van der Waals surface area contributed by atoms with E-state index in [-0.39, 0.29) is 6.03 Å². The topological polar surface area (TPSA) is 41.1 Å². The number of carbonyl (C=O) groups is 1. The first kappa shape index (κ1) is 11.0. The van der Waals surface area contributed by atoms with E-state index >= 15 is 0 Å². The fourth-order valence-electron chi connectivity index (χ4n) is 2.19. The normalized spacial score (nSPS) is 13.3. The predicted octanol–water partition coefficient (Wildman–Crippen LogP) is 1.65. The summed E-state index contributed by atoms with van der Waals surface area (Å²) in [5, 5.41) is 5.34. The lowest BCUT2D eigenvalue weighted by Crippen LogP contribution is -2.33. The first-order valence-corrected chi connectivity index (χ1v) is 5.86. The Morgan fingerprint density at radius 2 is 2.12 bits per heavy atom. The Morgan fingerprint density at radius 1 is 1.31 bits per heavy atom. The Bertz CT molecular complexity index is 388. The van der Waals surface area contributed by atoms with Gasteiger partial charge in [-0.05, 0) is 42.4 Å². The van der Waals surface area contributed by atoms with Gasteiger partial charge in [0.05, 0.1) is 0 Å². The molecule has 0 saturated heterocycles. The van der Waals surface area contributed by atoms with Crippen LogP contribution in [0, 0.1) is 0 Å². The molecule has 1 aromatic carbocycles. The first-order chi connectivity index (χ1) is 7.79. The van der Waals surface area contributed by atoms with E-state index in [2.05, 4.69) is 28.8 Å². The summed E-state index contributed by atoms with van der Waals surface area (Å²) >= 11 is 0. The molecule has 0 radical (unpaired) electrons. The van der Waals surface area contributed by atoms with Crippen molar-refractivity contribution in [2.24, 2.45) is 0 Å². The maximum Gasteiger partial charge on any atom is 0.314 e. The van der Waals surface area contributed by atoms with E-state index in [0.717, 1.165) is 6.42 Å². The minimum Gasteiger partial charge on any atom is -0.341 e. The lowest BCUT2D eigenvalue weighted by Gasteiger charge is -2.06. The van der Waals surface area contributed by atoms with Crippen molar-refractivity contribution in [1.82, 2.24) is 10.6 Å². The van der Waals surface area contributed by atoms with Gasteiger partial charge in [-0.2, -0.15) is 0 Å². The van der Waals surface area contributed by atoms with E-state index in [1.54, 1.807) is 7.05 Å². The van der Waals surface area contributed by atoms with E-state index in [0.29, 0.717) is 6.54 Å². The van der Waals surface area contributed by atoms with Crippen LogP contribution in [0.25, 0.3) is 0 Å². The Labute approximate surface area is 96.2 Å². The van der Waals surface area contributed by atoms with Crippen molar-refractivity contribution in [2.45, 2.75) is 25.7 Å². The molecule has 0 fully saturated rings. The molecule has 86 valence electrons. The van der Waals surface area contributed by atoms with E-state index in [9.17, 15) is 4.79 Å². The van der Waals surface area contributed by atoms with Gasteiger partial charge in [-0.1, -0.05) is 18.2 Å². The minimum absolute atomic E-state index is 0.110. The third kappa shape index (κ3) is 2.54. The van der Waals surface area contributed by atoms with Gasteiger partial charge < -0.3 is 10.6 Å². The first-order valence-electron chi connectivity index (χ1n) is 5.86. The summed E-state index contributed by atoms with van der Waals surface area (Å²) in [6.45, 7) is 0.693. The second-order valence-electron chi connectivity index (χ2n) is 4.21. The molecule has 2 amide bonds. The highest BCUT2D eigenvalue weighted by atomic mass is 16.2. The molecule has 3 heteroatoms. The Morgan fingerprint density at radius 3 is 2.94 bits per heavy atom. The standard InChI is InChI=1S/C13H18N2O/c1-14-13(16)15-8-7-10-5-6-11-3-2-4-12(11)9-10/h5-6,9H,2-4,7-8H2,1H3,(H2,14,15,16). The summed E-state index contributed by atoms with van der Waals surface area (Å²) in [6.07, 6.45) is 4.63. The zero-order chi connectivity index (χ0) is 11.4. The molecular formula is C13H18N2O. The van der Waals surface area contributed by atoms with Crippen molar-refractivity contribution in [2.75, 3.05) is 13.6 Å². The molecule has 3 nitrogen and oxygen atoms in total. The maximum atomic E-state index is 11.0. The van der Waals surface area contributed by atoms with Crippen molar-refractivity contribution in [3.05, 3.63) is 34.9 Å². The van der Waals surface area contributed by atoms with E-state index in [1.807, 2.05) is 0 Å². The molecular weight excluding hydrogens is 200 g/mol. The number of aryl methyl sites for hydroxylation is 2. The lowest BCUT2D eigenvalue weighted by atomic mass is 10.0. The van der Waals surface area contributed by atoms with Crippen LogP contribution in [0.4, 0.5) is 4.79 Å². The highest BCUT2D eigenvalue weighted by molar-refractivity contribution is 5.73. The smallest absolute Gasteiger partial charge is 0.314 e. The van der Waals surface area contributed by atoms with Crippen LogP contribution >= 0.6 is 0 Å². The molecule has 0 heterocycles. The number of urea groups is 1. The fourth-order valence-corrected chi connectivity index (χ4v) is 2.19. The summed E-state index contributed by atoms with van der Waals surface area (Å²) in [4.78, 5) is 11.0. The molecule has 0 bridgehead atoms. The summed E-state index contributed by atoms with van der Waals surface area (Å²) in [7, 11) is 1.63. The number of hydrogen-bond donors (Lipinski definition) is 2. The van der Waals surface area contributed by atoms with Crippen molar-refractivity contribution in [3.63, 3.8) is 0 Å². The molecule has 2 N–H and O–H groups in total. The van der Waals surface area contributed by atoms with Gasteiger partial charge in [0.2, 0.25) is 0 Å². The number of hydrogen-bond acceptors (Lipinski definition) is 1. The van der Waals surface area contributed by atoms with Gasteiger partial charge in [0.15, 0.2) is 0 Å². The molecule has 0 spiro atoms. The summed E-state index contributed by atoms with van der Waals surface area (Å²) in [6, 6.07) is 6.59. The average Bonchev–Trinajstić information content (AvgIpc) is 2.76.